The summed E-state index contributed by atoms with van der Waals surface area (Å²) >= 11 is 0. The first-order valence-electron chi connectivity index (χ1n) is 50.8. The molecule has 2 heterocycles. The van der Waals surface area contributed by atoms with E-state index >= 15 is 0 Å². The van der Waals surface area contributed by atoms with Gasteiger partial charge in [-0.3, -0.25) is 4.98 Å². The minimum Gasteiger partial charge on any atom is -0.265 e. The minimum atomic E-state index is 0.160. The van der Waals surface area contributed by atoms with Crippen molar-refractivity contribution in [1.82, 2.24) is 15.0 Å². The SMILES string of the molecule is C1=Cc2ccccc2C1.CC.CC.CC.CC.CC.CC.CC.CC.CC.CC.CC.CC.CC.CC.CC.CC.CC.CC.CC1(C)c2ccccc2-c2ccccc21.c1cc2ccc3cccc4ccc(c1)c2c34.c1ccc2c(c1)ccc1ccccc12.c1ccc2cc3ccccc3cc2c1.c1ccc2ccccc2c1.c1ccccc1.c1ccncc1.c1cncnc1. The van der Waals surface area contributed by atoms with E-state index in [2.05, 4.69) is 344 Å². The Kier molecular flexibility index (Phi) is 97.1. The van der Waals surface area contributed by atoms with Crippen LogP contribution >= 0.6 is 0 Å². The average molecular weight is 1780 g/mol. The summed E-state index contributed by atoms with van der Waals surface area (Å²) in [4.78, 5) is 11.1. The molecule has 18 aromatic rings. The van der Waals surface area contributed by atoms with Crippen LogP contribution in [0.5, 0.6) is 0 Å². The van der Waals surface area contributed by atoms with Gasteiger partial charge in [-0.25, -0.2) is 9.97 Å². The molecule has 0 fully saturated rings. The second-order valence-corrected chi connectivity index (χ2v) is 23.8. The fraction of sp³-hybridized carbons (Fsp3) is 0.310. The summed E-state index contributed by atoms with van der Waals surface area (Å²) in [5.74, 6) is 0. The lowest BCUT2D eigenvalue weighted by Gasteiger charge is -2.20. The number of allylic oxidation sites excluding steroid dienone is 1. The number of nitrogens with zero attached hydrogens (tertiary/aromatic N) is 3. The van der Waals surface area contributed by atoms with Crippen molar-refractivity contribution in [3.05, 3.63) is 423 Å². The van der Waals surface area contributed by atoms with Crippen LogP contribution in [-0.2, 0) is 11.8 Å². The van der Waals surface area contributed by atoms with Gasteiger partial charge in [0.25, 0.3) is 0 Å². The molecule has 0 amide bonds. The molecule has 0 saturated carbocycles. The van der Waals surface area contributed by atoms with E-state index in [1.165, 1.54) is 126 Å². The summed E-state index contributed by atoms with van der Waals surface area (Å²) < 4.78 is 0. The van der Waals surface area contributed by atoms with Gasteiger partial charge in [-0.15, -0.1) is 0 Å². The Morgan fingerprint density at radius 2 is 0.424 bits per heavy atom. The quantitative estimate of drug-likeness (QED) is 0.112. The van der Waals surface area contributed by atoms with E-state index in [0.29, 0.717) is 0 Å². The van der Waals surface area contributed by atoms with E-state index in [-0.39, 0.29) is 5.41 Å². The predicted octanol–water partition coefficient (Wildman–Crippen LogP) is 43.4. The van der Waals surface area contributed by atoms with Crippen LogP contribution in [0.25, 0.3) is 103 Å². The highest BCUT2D eigenvalue weighted by molar-refractivity contribution is 6.23. The van der Waals surface area contributed by atoms with E-state index in [0.717, 1.165) is 6.42 Å². The van der Waals surface area contributed by atoms with Crippen molar-refractivity contribution in [3.8, 4) is 11.1 Å². The van der Waals surface area contributed by atoms with E-state index in [9.17, 15) is 0 Å². The van der Waals surface area contributed by atoms with E-state index in [1.54, 1.807) is 30.9 Å². The lowest BCUT2D eigenvalue weighted by molar-refractivity contribution is 0.660. The highest BCUT2D eigenvalue weighted by atomic mass is 14.8. The van der Waals surface area contributed by atoms with Crippen LogP contribution in [-0.4, -0.2) is 15.0 Å². The van der Waals surface area contributed by atoms with Gasteiger partial charge in [0.2, 0.25) is 0 Å². The summed E-state index contributed by atoms with van der Waals surface area (Å²) in [5, 5.41) is 21.3. The molecule has 714 valence electrons. The highest BCUT2D eigenvalue weighted by Crippen LogP contribution is 2.48. The standard InChI is InChI=1S/C16H10.C15H14.2C14H10.C10H8.C9H8.C6H6.C5H5N.C4H4N2.18C2H6/c1-3-11-7-9-13-5-2-6-14-10-8-12(4-1)15(11)16(13)14;1-15(2)13-9-5-3-7-11(13)12-8-4-6-10-14(12)15;1-3-7-13-11(5-1)9-10-12-6-2-4-8-14(12)13;1-2-6-12-10-14-8-4-3-7-13(14)9-11(12)5-1;1-2-6-10-8-4-3-7-9(10)5-1;1-2-5-9-7-3-6-8(9)4-1;2*1-2-4-6-5-3-1;1-2-5-4-6-3-1;18*1-2/h1-10H;3-10H,1-2H3;2*1-10H;1-8H;1-6H,7H2;1-6H;1-5H;1-4H;18*1-2H3. The normalized spacial score (nSPS) is 9.14. The van der Waals surface area contributed by atoms with Crippen LogP contribution in [0, 0.1) is 0 Å². The molecule has 132 heavy (non-hydrogen) atoms. The molecule has 2 aliphatic rings. The smallest absolute Gasteiger partial charge is 0.115 e. The van der Waals surface area contributed by atoms with Gasteiger partial charge in [-0.2, -0.15) is 0 Å². The molecule has 2 aromatic heterocycles. The molecule has 3 nitrogen and oxygen atoms in total. The van der Waals surface area contributed by atoms with Crippen LogP contribution in [0.1, 0.15) is 285 Å². The number of pyridine rings is 1. The average Bonchev–Trinajstić information content (AvgIpc) is 1.54. The zero-order valence-corrected chi connectivity index (χ0v) is 90.2. The van der Waals surface area contributed by atoms with Crippen molar-refractivity contribution < 1.29 is 0 Å². The first-order valence-corrected chi connectivity index (χ1v) is 50.8. The van der Waals surface area contributed by atoms with Crippen molar-refractivity contribution in [2.75, 3.05) is 0 Å². The topological polar surface area (TPSA) is 38.7 Å². The third-order valence-electron chi connectivity index (χ3n) is 17.2. The fourth-order valence-electron chi connectivity index (χ4n) is 12.5. The maximum atomic E-state index is 3.78. The largest absolute Gasteiger partial charge is 0.265 e. The zero-order chi connectivity index (χ0) is 101. The molecule has 0 radical (unpaired) electrons. The van der Waals surface area contributed by atoms with Crippen LogP contribution < -0.4 is 0 Å². The summed E-state index contributed by atoms with van der Waals surface area (Å²) in [6.45, 7) is 76.6. The monoisotopic (exact) mass is 1770 g/mol. The Balaban J connectivity index is -0.000000258. The number of fused-ring (bicyclic) bond motifs is 10. The molecular weight excluding hydrogens is 1590 g/mol. The molecule has 16 aromatic carbocycles. The van der Waals surface area contributed by atoms with E-state index in [4.69, 9.17) is 0 Å². The second-order valence-electron chi connectivity index (χ2n) is 23.8. The summed E-state index contributed by atoms with van der Waals surface area (Å²) in [7, 11) is 0. The fourth-order valence-corrected chi connectivity index (χ4v) is 12.5. The first kappa shape index (κ1) is 133. The van der Waals surface area contributed by atoms with Gasteiger partial charge >= 0.3 is 0 Å². The van der Waals surface area contributed by atoms with Gasteiger partial charge in [0.05, 0.1) is 0 Å². The molecule has 20 rings (SSSR count). The number of hydrogen-bond donors (Lipinski definition) is 0. The zero-order valence-electron chi connectivity index (χ0n) is 90.2. The molecule has 3 heteroatoms. The molecule has 0 spiro atoms. The van der Waals surface area contributed by atoms with Gasteiger partial charge in [0.15, 0.2) is 0 Å². The molecule has 0 saturated heterocycles. The summed E-state index contributed by atoms with van der Waals surface area (Å²) in [6.07, 6.45) is 13.9. The predicted molar refractivity (Wildman–Crippen MR) is 617 cm³/mol. The Bertz CT molecular complexity index is 4860. The molecule has 0 atom stereocenters. The van der Waals surface area contributed by atoms with Gasteiger partial charge in [0.1, 0.15) is 6.33 Å². The van der Waals surface area contributed by atoms with E-state index < -0.39 is 0 Å². The van der Waals surface area contributed by atoms with Crippen molar-refractivity contribution in [1.29, 1.82) is 0 Å². The lowest BCUT2D eigenvalue weighted by Crippen LogP contribution is -2.14. The molecule has 0 aliphatic heterocycles. The van der Waals surface area contributed by atoms with Gasteiger partial charge in [-0.05, 0) is 156 Å². The maximum Gasteiger partial charge on any atom is 0.115 e. The first-order chi connectivity index (χ1) is 65.5. The van der Waals surface area contributed by atoms with Crippen LogP contribution in [0.2, 0.25) is 0 Å². The number of benzene rings is 16. The van der Waals surface area contributed by atoms with Crippen molar-refractivity contribution in [2.24, 2.45) is 0 Å². The molecule has 2 aliphatic carbocycles. The van der Waals surface area contributed by atoms with Gasteiger partial charge in [-0.1, -0.05) is 609 Å². The molecular formula is C129H183N3. The number of hydrogen-bond acceptors (Lipinski definition) is 3. The Labute approximate surface area is 811 Å². The second kappa shape index (κ2) is 96.4. The summed E-state index contributed by atoms with van der Waals surface area (Å²) in [5.41, 5.74) is 8.70. The lowest BCUT2D eigenvalue weighted by atomic mass is 9.82. The Morgan fingerprint density at radius 1 is 0.189 bits per heavy atom. The van der Waals surface area contributed by atoms with Crippen LogP contribution in [0.3, 0.4) is 0 Å². The molecule has 0 bridgehead atoms. The van der Waals surface area contributed by atoms with E-state index in [1.807, 2.05) is 304 Å². The van der Waals surface area contributed by atoms with Crippen LogP contribution in [0.4, 0.5) is 0 Å². The van der Waals surface area contributed by atoms with Crippen molar-refractivity contribution in [3.63, 3.8) is 0 Å². The van der Waals surface area contributed by atoms with Crippen molar-refractivity contribution >= 4 is 92.3 Å². The number of rotatable bonds is 0. The Morgan fingerprint density at radius 3 is 0.689 bits per heavy atom. The molecule has 0 unspecified atom stereocenters. The number of aromatic nitrogens is 3. The maximum absolute atomic E-state index is 3.78. The summed E-state index contributed by atoms with van der Waals surface area (Å²) in [6, 6.07) is 127. The molecule has 0 N–H and O–H groups in total. The third kappa shape index (κ3) is 48.6. The highest BCUT2D eigenvalue weighted by Gasteiger charge is 2.34. The van der Waals surface area contributed by atoms with Crippen LogP contribution in [0.15, 0.2) is 401 Å². The van der Waals surface area contributed by atoms with Gasteiger partial charge < -0.3 is 0 Å². The minimum absolute atomic E-state index is 0.160. The van der Waals surface area contributed by atoms with Gasteiger partial charge in [0, 0.05) is 30.2 Å². The Hall–Kier alpha value is -12.2. The third-order valence-corrected chi connectivity index (χ3v) is 17.2. The van der Waals surface area contributed by atoms with Crippen molar-refractivity contribution in [2.45, 2.75) is 275 Å².